The molecule has 2 rings (SSSR count). The second-order valence-electron chi connectivity index (χ2n) is 3.38. The quantitative estimate of drug-likeness (QED) is 0.815. The van der Waals surface area contributed by atoms with Gasteiger partial charge in [0.15, 0.2) is 0 Å². The molecule has 0 amide bonds. The number of nitrogens with zero attached hydrogens (tertiary/aromatic N) is 1. The summed E-state index contributed by atoms with van der Waals surface area (Å²) in [4.78, 5) is 3.97. The lowest BCUT2D eigenvalue weighted by Crippen LogP contribution is -2.00. The molecule has 0 saturated heterocycles. The zero-order chi connectivity index (χ0) is 11.5. The highest BCUT2D eigenvalue weighted by Crippen LogP contribution is 2.25. The van der Waals surface area contributed by atoms with Crippen LogP contribution in [0.4, 0.5) is 4.39 Å². The molecule has 2 aromatic rings. The molecule has 0 aliphatic rings. The molecule has 1 aromatic carbocycles. The summed E-state index contributed by atoms with van der Waals surface area (Å²) in [7, 11) is 0. The van der Waals surface area contributed by atoms with Crippen molar-refractivity contribution in [2.45, 2.75) is 6.54 Å². The Morgan fingerprint density at radius 2 is 1.94 bits per heavy atom. The summed E-state index contributed by atoms with van der Waals surface area (Å²) in [5.41, 5.74) is 8.27. The van der Waals surface area contributed by atoms with Gasteiger partial charge < -0.3 is 5.73 Å². The summed E-state index contributed by atoms with van der Waals surface area (Å²) >= 11 is 5.83. The molecule has 0 spiro atoms. The molecular weight excluding hydrogens is 227 g/mol. The van der Waals surface area contributed by atoms with Crippen molar-refractivity contribution in [1.82, 2.24) is 4.98 Å². The first-order valence-electron chi connectivity index (χ1n) is 4.81. The summed E-state index contributed by atoms with van der Waals surface area (Å²) in [5, 5.41) is 0.400. The Hall–Kier alpha value is -1.45. The summed E-state index contributed by atoms with van der Waals surface area (Å²) in [5.74, 6) is -0.266. The summed E-state index contributed by atoms with van der Waals surface area (Å²) in [6.07, 6.45) is 1.64. The second kappa shape index (κ2) is 4.60. The van der Waals surface area contributed by atoms with Crippen molar-refractivity contribution in [1.29, 1.82) is 0 Å². The van der Waals surface area contributed by atoms with E-state index < -0.39 is 0 Å². The SMILES string of the molecule is NCc1cnc(Cl)cc1-c1ccc(F)cc1. The van der Waals surface area contributed by atoms with Gasteiger partial charge in [-0.2, -0.15) is 0 Å². The van der Waals surface area contributed by atoms with E-state index in [0.29, 0.717) is 11.7 Å². The molecule has 1 aromatic heterocycles. The van der Waals surface area contributed by atoms with E-state index in [9.17, 15) is 4.39 Å². The average molecular weight is 237 g/mol. The maximum atomic E-state index is 12.8. The van der Waals surface area contributed by atoms with E-state index in [-0.39, 0.29) is 5.82 Å². The van der Waals surface area contributed by atoms with Crippen molar-refractivity contribution in [3.8, 4) is 11.1 Å². The van der Waals surface area contributed by atoms with Gasteiger partial charge in [-0.1, -0.05) is 23.7 Å². The normalized spacial score (nSPS) is 10.4. The van der Waals surface area contributed by atoms with Crippen LogP contribution < -0.4 is 5.73 Å². The van der Waals surface area contributed by atoms with E-state index in [1.807, 2.05) is 0 Å². The Balaban J connectivity index is 2.53. The first-order valence-corrected chi connectivity index (χ1v) is 5.19. The molecule has 1 heterocycles. The number of benzene rings is 1. The molecule has 4 heteroatoms. The Kier molecular flexibility index (Phi) is 3.17. The molecule has 0 fully saturated rings. The van der Waals surface area contributed by atoms with E-state index in [2.05, 4.69) is 4.98 Å². The predicted octanol–water partition coefficient (Wildman–Crippen LogP) is 3.00. The lowest BCUT2D eigenvalue weighted by Gasteiger charge is -2.07. The van der Waals surface area contributed by atoms with Gasteiger partial charge in [-0.25, -0.2) is 9.37 Å². The third-order valence-electron chi connectivity index (χ3n) is 2.33. The second-order valence-corrected chi connectivity index (χ2v) is 3.76. The number of aromatic nitrogens is 1. The molecule has 0 saturated carbocycles. The molecule has 0 atom stereocenters. The molecule has 0 aliphatic heterocycles. The number of nitrogens with two attached hydrogens (primary N) is 1. The fourth-order valence-electron chi connectivity index (χ4n) is 1.52. The van der Waals surface area contributed by atoms with E-state index in [1.165, 1.54) is 12.1 Å². The Morgan fingerprint density at radius 3 is 2.56 bits per heavy atom. The first kappa shape index (κ1) is 11.0. The number of hydrogen-bond acceptors (Lipinski definition) is 2. The summed E-state index contributed by atoms with van der Waals surface area (Å²) in [6, 6.07) is 7.94. The van der Waals surface area contributed by atoms with Crippen LogP contribution in [0, 0.1) is 5.82 Å². The van der Waals surface area contributed by atoms with Gasteiger partial charge in [-0.05, 0) is 34.9 Å². The Bertz CT molecular complexity index is 497. The summed E-state index contributed by atoms with van der Waals surface area (Å²) < 4.78 is 12.8. The van der Waals surface area contributed by atoms with Gasteiger partial charge in [0.05, 0.1) is 0 Å². The van der Waals surface area contributed by atoms with E-state index >= 15 is 0 Å². The number of halogens is 2. The minimum atomic E-state index is -0.266. The molecule has 2 nitrogen and oxygen atoms in total. The van der Waals surface area contributed by atoms with Gasteiger partial charge in [0, 0.05) is 12.7 Å². The molecule has 0 unspecified atom stereocenters. The Labute approximate surface area is 97.9 Å². The molecule has 16 heavy (non-hydrogen) atoms. The zero-order valence-corrected chi connectivity index (χ0v) is 9.21. The van der Waals surface area contributed by atoms with Crippen LogP contribution >= 0.6 is 11.6 Å². The van der Waals surface area contributed by atoms with Crippen molar-refractivity contribution in [2.75, 3.05) is 0 Å². The Morgan fingerprint density at radius 1 is 1.25 bits per heavy atom. The van der Waals surface area contributed by atoms with Crippen LogP contribution in [0.25, 0.3) is 11.1 Å². The van der Waals surface area contributed by atoms with Gasteiger partial charge in [0.1, 0.15) is 11.0 Å². The number of hydrogen-bond donors (Lipinski definition) is 1. The highest BCUT2D eigenvalue weighted by Gasteiger charge is 2.05. The van der Waals surface area contributed by atoms with Crippen molar-refractivity contribution in [3.05, 3.63) is 53.1 Å². The lowest BCUT2D eigenvalue weighted by atomic mass is 10.0. The van der Waals surface area contributed by atoms with Crippen LogP contribution in [-0.4, -0.2) is 4.98 Å². The monoisotopic (exact) mass is 236 g/mol. The highest BCUT2D eigenvalue weighted by atomic mass is 35.5. The van der Waals surface area contributed by atoms with Gasteiger partial charge in [0.25, 0.3) is 0 Å². The molecule has 82 valence electrons. The van der Waals surface area contributed by atoms with Crippen LogP contribution in [0.15, 0.2) is 36.5 Å². The highest BCUT2D eigenvalue weighted by molar-refractivity contribution is 6.29. The molecule has 0 aliphatic carbocycles. The molecule has 0 radical (unpaired) electrons. The van der Waals surface area contributed by atoms with Crippen LogP contribution in [0.5, 0.6) is 0 Å². The predicted molar refractivity (Wildman–Crippen MR) is 62.5 cm³/mol. The molecular formula is C12H10ClFN2. The van der Waals surface area contributed by atoms with Gasteiger partial charge >= 0.3 is 0 Å². The van der Waals surface area contributed by atoms with Crippen LogP contribution in [-0.2, 0) is 6.54 Å². The minimum Gasteiger partial charge on any atom is -0.326 e. The van der Waals surface area contributed by atoms with Crippen molar-refractivity contribution in [2.24, 2.45) is 5.73 Å². The fraction of sp³-hybridized carbons (Fsp3) is 0.0833. The minimum absolute atomic E-state index is 0.266. The van der Waals surface area contributed by atoms with E-state index in [0.717, 1.165) is 16.7 Å². The zero-order valence-electron chi connectivity index (χ0n) is 8.45. The summed E-state index contributed by atoms with van der Waals surface area (Å²) in [6.45, 7) is 0.372. The smallest absolute Gasteiger partial charge is 0.129 e. The van der Waals surface area contributed by atoms with Gasteiger partial charge in [0.2, 0.25) is 0 Å². The van der Waals surface area contributed by atoms with Crippen LogP contribution in [0.2, 0.25) is 5.15 Å². The van der Waals surface area contributed by atoms with Crippen molar-refractivity contribution in [3.63, 3.8) is 0 Å². The van der Waals surface area contributed by atoms with Crippen molar-refractivity contribution >= 4 is 11.6 Å². The first-order chi connectivity index (χ1) is 7.70. The number of rotatable bonds is 2. The van der Waals surface area contributed by atoms with E-state index in [1.54, 1.807) is 24.4 Å². The van der Waals surface area contributed by atoms with E-state index in [4.69, 9.17) is 17.3 Å². The molecule has 0 bridgehead atoms. The lowest BCUT2D eigenvalue weighted by molar-refractivity contribution is 0.628. The van der Waals surface area contributed by atoms with Crippen molar-refractivity contribution < 1.29 is 4.39 Å². The van der Waals surface area contributed by atoms with Crippen LogP contribution in [0.3, 0.4) is 0 Å². The van der Waals surface area contributed by atoms with Gasteiger partial charge in [-0.15, -0.1) is 0 Å². The maximum Gasteiger partial charge on any atom is 0.129 e. The molecule has 2 N–H and O–H groups in total. The average Bonchev–Trinajstić information content (AvgIpc) is 2.30. The maximum absolute atomic E-state index is 12.8. The van der Waals surface area contributed by atoms with Gasteiger partial charge in [-0.3, -0.25) is 0 Å². The van der Waals surface area contributed by atoms with Crippen LogP contribution in [0.1, 0.15) is 5.56 Å². The topological polar surface area (TPSA) is 38.9 Å². The standard InChI is InChI=1S/C12H10ClFN2/c13-12-5-11(9(6-15)7-16-12)8-1-3-10(14)4-2-8/h1-5,7H,6,15H2. The largest absolute Gasteiger partial charge is 0.326 e. The third kappa shape index (κ3) is 2.21. The number of pyridine rings is 1. The third-order valence-corrected chi connectivity index (χ3v) is 2.53. The fourth-order valence-corrected chi connectivity index (χ4v) is 1.68.